The second-order valence-electron chi connectivity index (χ2n) is 8.57. The Hall–Kier alpha value is -2.21. The lowest BCUT2D eigenvalue weighted by atomic mass is 9.75. The number of hydrogen-bond acceptors (Lipinski definition) is 3. The van der Waals surface area contributed by atoms with Crippen LogP contribution in [0.4, 0.5) is 35.1 Å². The zero-order valence-electron chi connectivity index (χ0n) is 17.7. The SMILES string of the molecule is CC1CC(c2ccc(C(F)(C(F)(F)F)C(F)(F)F)cc2)(S(=O)(=O)c2ccc(F)cc2)CCC1N. The summed E-state index contributed by atoms with van der Waals surface area (Å²) >= 11 is 0. The van der Waals surface area contributed by atoms with Crippen molar-refractivity contribution < 1.29 is 43.5 Å². The second-order valence-corrected chi connectivity index (χ2v) is 10.8. The first-order valence-electron chi connectivity index (χ1n) is 10.2. The minimum atomic E-state index is -6.29. The number of benzene rings is 2. The molecule has 2 N–H and O–H groups in total. The van der Waals surface area contributed by atoms with Crippen LogP contribution in [0.3, 0.4) is 0 Å². The van der Waals surface area contributed by atoms with Gasteiger partial charge in [0.1, 0.15) is 10.6 Å². The number of rotatable bonds is 4. The Kier molecular flexibility index (Phi) is 6.58. The van der Waals surface area contributed by atoms with Crippen LogP contribution < -0.4 is 5.73 Å². The van der Waals surface area contributed by atoms with Crippen LogP contribution in [-0.4, -0.2) is 26.8 Å². The average molecular weight is 515 g/mol. The zero-order valence-corrected chi connectivity index (χ0v) is 18.5. The summed E-state index contributed by atoms with van der Waals surface area (Å²) in [5.41, 5.74) is -1.45. The van der Waals surface area contributed by atoms with Gasteiger partial charge in [-0.25, -0.2) is 17.2 Å². The van der Waals surface area contributed by atoms with Crippen LogP contribution in [0.15, 0.2) is 53.4 Å². The first-order valence-corrected chi connectivity index (χ1v) is 11.6. The molecular weight excluding hydrogens is 494 g/mol. The highest BCUT2D eigenvalue weighted by Crippen LogP contribution is 2.54. The van der Waals surface area contributed by atoms with Crippen molar-refractivity contribution >= 4 is 9.84 Å². The molecule has 34 heavy (non-hydrogen) atoms. The summed E-state index contributed by atoms with van der Waals surface area (Å²) in [6, 6.07) is 5.66. The van der Waals surface area contributed by atoms with E-state index in [1.54, 1.807) is 6.92 Å². The van der Waals surface area contributed by atoms with Crippen LogP contribution in [0, 0.1) is 11.7 Å². The Morgan fingerprint density at radius 2 is 1.38 bits per heavy atom. The van der Waals surface area contributed by atoms with Gasteiger partial charge in [-0.3, -0.25) is 0 Å². The van der Waals surface area contributed by atoms with Gasteiger partial charge in [0.25, 0.3) is 0 Å². The third-order valence-electron chi connectivity index (χ3n) is 6.49. The molecule has 0 aliphatic heterocycles. The van der Waals surface area contributed by atoms with Gasteiger partial charge in [-0.15, -0.1) is 0 Å². The lowest BCUT2D eigenvalue weighted by molar-refractivity contribution is -0.348. The third-order valence-corrected chi connectivity index (χ3v) is 9.02. The Morgan fingerprint density at radius 3 is 1.82 bits per heavy atom. The maximum Gasteiger partial charge on any atom is 0.435 e. The zero-order chi connectivity index (χ0) is 25.7. The summed E-state index contributed by atoms with van der Waals surface area (Å²) in [6.45, 7) is 1.67. The second kappa shape index (κ2) is 8.47. The average Bonchev–Trinajstić information content (AvgIpc) is 2.74. The standard InChI is InChI=1S/C22H21F8NO2S/c1-13-12-19(11-10-18(13)31,34(32,33)17-8-6-16(23)7-9-17)14-2-4-15(5-3-14)20(24,21(25,26)27)22(28,29)30/h2-9,13,18H,10-12,31H2,1H3. The molecule has 0 spiro atoms. The molecule has 1 aliphatic rings. The van der Waals surface area contributed by atoms with Crippen molar-refractivity contribution in [3.63, 3.8) is 0 Å². The molecule has 1 saturated carbocycles. The largest absolute Gasteiger partial charge is 0.435 e. The van der Waals surface area contributed by atoms with E-state index in [4.69, 9.17) is 5.73 Å². The van der Waals surface area contributed by atoms with Crippen LogP contribution in [0.1, 0.15) is 37.3 Å². The van der Waals surface area contributed by atoms with E-state index in [0.717, 1.165) is 36.4 Å². The highest BCUT2D eigenvalue weighted by molar-refractivity contribution is 7.92. The highest BCUT2D eigenvalue weighted by atomic mass is 32.2. The number of sulfone groups is 1. The van der Waals surface area contributed by atoms with E-state index in [0.29, 0.717) is 12.1 Å². The van der Waals surface area contributed by atoms with Gasteiger partial charge >= 0.3 is 18.0 Å². The van der Waals surface area contributed by atoms with E-state index in [9.17, 15) is 43.5 Å². The molecule has 0 saturated heterocycles. The number of nitrogens with two attached hydrogens (primary N) is 1. The lowest BCUT2D eigenvalue weighted by Gasteiger charge is -2.42. The molecule has 188 valence electrons. The molecule has 2 aromatic rings. The Bertz CT molecular complexity index is 1110. The molecule has 1 aliphatic carbocycles. The molecule has 1 fully saturated rings. The normalized spacial score (nSPS) is 24.8. The van der Waals surface area contributed by atoms with Crippen molar-refractivity contribution in [1.29, 1.82) is 0 Å². The Labute approximate surface area is 190 Å². The van der Waals surface area contributed by atoms with Gasteiger partial charge < -0.3 is 5.73 Å². The van der Waals surface area contributed by atoms with Crippen LogP contribution >= 0.6 is 0 Å². The van der Waals surface area contributed by atoms with E-state index in [-0.39, 0.29) is 41.7 Å². The monoisotopic (exact) mass is 515 g/mol. The van der Waals surface area contributed by atoms with E-state index < -0.39 is 44.0 Å². The van der Waals surface area contributed by atoms with Crippen LogP contribution in [0.2, 0.25) is 0 Å². The fraction of sp³-hybridized carbons (Fsp3) is 0.455. The van der Waals surface area contributed by atoms with E-state index in [1.165, 1.54) is 0 Å². The third kappa shape index (κ3) is 4.08. The van der Waals surface area contributed by atoms with Gasteiger partial charge in [0.15, 0.2) is 9.84 Å². The Morgan fingerprint density at radius 1 is 0.882 bits per heavy atom. The van der Waals surface area contributed by atoms with Gasteiger partial charge in [0.2, 0.25) is 0 Å². The molecule has 0 heterocycles. The van der Waals surface area contributed by atoms with Crippen molar-refractivity contribution in [3.8, 4) is 0 Å². The molecule has 2 aromatic carbocycles. The summed E-state index contributed by atoms with van der Waals surface area (Å²) < 4.78 is 132. The molecule has 0 amide bonds. The molecular formula is C22H21F8NO2S. The van der Waals surface area contributed by atoms with Gasteiger partial charge in [-0.1, -0.05) is 31.2 Å². The predicted octanol–water partition coefficient (Wildman–Crippen LogP) is 5.93. The Balaban J connectivity index is 2.18. The molecule has 3 atom stereocenters. The number of alkyl halides is 7. The van der Waals surface area contributed by atoms with Gasteiger partial charge in [0, 0.05) is 11.6 Å². The minimum Gasteiger partial charge on any atom is -0.327 e. The summed E-state index contributed by atoms with van der Waals surface area (Å²) in [5.74, 6) is -1.08. The molecule has 3 unspecified atom stereocenters. The topological polar surface area (TPSA) is 60.2 Å². The van der Waals surface area contributed by atoms with Crippen LogP contribution in [-0.2, 0) is 20.3 Å². The molecule has 0 aromatic heterocycles. The smallest absolute Gasteiger partial charge is 0.327 e. The first-order chi connectivity index (χ1) is 15.5. The molecule has 3 rings (SSSR count). The van der Waals surface area contributed by atoms with E-state index in [1.807, 2.05) is 0 Å². The van der Waals surface area contributed by atoms with Crippen molar-refractivity contribution in [3.05, 3.63) is 65.5 Å². The quantitative estimate of drug-likeness (QED) is 0.406. The van der Waals surface area contributed by atoms with Crippen LogP contribution in [0.5, 0.6) is 0 Å². The van der Waals surface area contributed by atoms with Crippen molar-refractivity contribution in [1.82, 2.24) is 0 Å². The molecule has 3 nitrogen and oxygen atoms in total. The minimum absolute atomic E-state index is 0.0864. The fourth-order valence-corrected chi connectivity index (χ4v) is 6.71. The number of hydrogen-bond donors (Lipinski definition) is 1. The highest BCUT2D eigenvalue weighted by Gasteiger charge is 2.73. The van der Waals surface area contributed by atoms with Gasteiger partial charge in [-0.2, -0.15) is 26.3 Å². The van der Waals surface area contributed by atoms with E-state index >= 15 is 0 Å². The van der Waals surface area contributed by atoms with Gasteiger partial charge in [0.05, 0.1) is 4.90 Å². The van der Waals surface area contributed by atoms with Crippen LogP contribution in [0.25, 0.3) is 0 Å². The van der Waals surface area contributed by atoms with Crippen molar-refractivity contribution in [2.24, 2.45) is 11.7 Å². The maximum atomic E-state index is 14.4. The van der Waals surface area contributed by atoms with Crippen molar-refractivity contribution in [2.75, 3.05) is 0 Å². The molecule has 0 bridgehead atoms. The maximum absolute atomic E-state index is 14.4. The summed E-state index contributed by atoms with van der Waals surface area (Å²) in [4.78, 5) is -0.272. The fourth-order valence-electron chi connectivity index (χ4n) is 4.45. The summed E-state index contributed by atoms with van der Waals surface area (Å²) in [7, 11) is -4.32. The molecule has 12 heteroatoms. The summed E-state index contributed by atoms with van der Waals surface area (Å²) in [5, 5.41) is 0. The summed E-state index contributed by atoms with van der Waals surface area (Å²) in [6.07, 6.45) is -12.6. The number of halogens is 8. The lowest BCUT2D eigenvalue weighted by Crippen LogP contribution is -2.50. The van der Waals surface area contributed by atoms with Gasteiger partial charge in [-0.05, 0) is 55.0 Å². The first kappa shape index (κ1) is 26.4. The predicted molar refractivity (Wildman–Crippen MR) is 108 cm³/mol. The van der Waals surface area contributed by atoms with Crippen molar-refractivity contribution in [2.45, 2.75) is 59.9 Å². The molecule has 0 radical (unpaired) electrons. The van der Waals surface area contributed by atoms with E-state index in [2.05, 4.69) is 0 Å².